The van der Waals surface area contributed by atoms with Gasteiger partial charge in [-0.25, -0.2) is 4.39 Å². The van der Waals surface area contributed by atoms with Crippen LogP contribution in [0.1, 0.15) is 40.2 Å². The molecule has 2 aromatic carbocycles. The fraction of sp³-hybridized carbons (Fsp3) is 0.357. The van der Waals surface area contributed by atoms with E-state index < -0.39 is 5.82 Å². The summed E-state index contributed by atoms with van der Waals surface area (Å²) in [7, 11) is 0. The van der Waals surface area contributed by atoms with Crippen LogP contribution in [0.25, 0.3) is 0 Å². The van der Waals surface area contributed by atoms with E-state index in [4.69, 9.17) is 14.2 Å². The van der Waals surface area contributed by atoms with Gasteiger partial charge in [0, 0.05) is 25.0 Å². The highest BCUT2D eigenvalue weighted by Gasteiger charge is 2.28. The largest absolute Gasteiger partial charge is 0.493 e. The summed E-state index contributed by atoms with van der Waals surface area (Å²) in [5.74, 6) is 1.80. The first-order valence-corrected chi connectivity index (χ1v) is 12.4. The highest BCUT2D eigenvalue weighted by molar-refractivity contribution is 5.94. The molecule has 3 heterocycles. The maximum atomic E-state index is 14.6. The number of hydrogen-bond donors (Lipinski definition) is 2. The maximum Gasteiger partial charge on any atom is 0.254 e. The first kappa shape index (κ1) is 24.1. The van der Waals surface area contributed by atoms with E-state index in [9.17, 15) is 9.18 Å². The number of hydrogen-bond acceptors (Lipinski definition) is 6. The SMILES string of the molecule is O=C(NCCc1ccncc1)c1cc([C@@H]2CCNC[C@H]2CCOc2ccc3c(c2)OCO3)ccc1F. The average molecular weight is 492 g/mol. The van der Waals surface area contributed by atoms with E-state index in [0.717, 1.165) is 48.6 Å². The molecule has 0 saturated carbocycles. The van der Waals surface area contributed by atoms with Crippen LogP contribution in [0.3, 0.4) is 0 Å². The molecule has 36 heavy (non-hydrogen) atoms. The number of rotatable bonds is 9. The number of ether oxygens (including phenoxy) is 3. The smallest absolute Gasteiger partial charge is 0.254 e. The second-order valence-corrected chi connectivity index (χ2v) is 9.11. The topological polar surface area (TPSA) is 81.7 Å². The van der Waals surface area contributed by atoms with Crippen LogP contribution in [0, 0.1) is 11.7 Å². The Labute approximate surface area is 210 Å². The van der Waals surface area contributed by atoms with Crippen molar-refractivity contribution in [3.63, 3.8) is 0 Å². The molecule has 2 aliphatic heterocycles. The van der Waals surface area contributed by atoms with Crippen molar-refractivity contribution in [1.82, 2.24) is 15.6 Å². The van der Waals surface area contributed by atoms with Gasteiger partial charge in [0.25, 0.3) is 5.91 Å². The van der Waals surface area contributed by atoms with Crippen molar-refractivity contribution in [2.45, 2.75) is 25.2 Å². The Hall–Kier alpha value is -3.65. The predicted octanol–water partition coefficient (Wildman–Crippen LogP) is 4.08. The first-order valence-electron chi connectivity index (χ1n) is 12.4. The van der Waals surface area contributed by atoms with Crippen LogP contribution in [-0.2, 0) is 6.42 Å². The van der Waals surface area contributed by atoms with Crippen molar-refractivity contribution in [2.75, 3.05) is 33.0 Å². The monoisotopic (exact) mass is 491 g/mol. The molecular formula is C28H30FN3O4. The highest BCUT2D eigenvalue weighted by atomic mass is 19.1. The number of nitrogens with one attached hydrogen (secondary N) is 2. The van der Waals surface area contributed by atoms with Gasteiger partial charge in [-0.15, -0.1) is 0 Å². The minimum atomic E-state index is -0.503. The molecule has 7 nitrogen and oxygen atoms in total. The van der Waals surface area contributed by atoms with Crippen molar-refractivity contribution < 1.29 is 23.4 Å². The first-order chi connectivity index (χ1) is 17.7. The molecule has 2 aliphatic rings. The van der Waals surface area contributed by atoms with Crippen LogP contribution in [-0.4, -0.2) is 43.9 Å². The number of nitrogens with zero attached hydrogens (tertiary/aromatic N) is 1. The van der Waals surface area contributed by atoms with E-state index in [1.165, 1.54) is 6.07 Å². The fourth-order valence-electron chi connectivity index (χ4n) is 4.87. The quantitative estimate of drug-likeness (QED) is 0.470. The number of piperidine rings is 1. The van der Waals surface area contributed by atoms with Gasteiger partial charge in [0.15, 0.2) is 11.5 Å². The summed E-state index contributed by atoms with van der Waals surface area (Å²) < 4.78 is 31.4. The second kappa shape index (κ2) is 11.4. The van der Waals surface area contributed by atoms with E-state index in [2.05, 4.69) is 15.6 Å². The molecule has 1 aromatic heterocycles. The molecule has 188 valence electrons. The van der Waals surface area contributed by atoms with E-state index in [0.29, 0.717) is 31.2 Å². The lowest BCUT2D eigenvalue weighted by Gasteiger charge is -2.33. The molecule has 8 heteroatoms. The minimum absolute atomic E-state index is 0.0936. The van der Waals surface area contributed by atoms with Crippen LogP contribution in [0.15, 0.2) is 60.9 Å². The van der Waals surface area contributed by atoms with Gasteiger partial charge in [-0.3, -0.25) is 9.78 Å². The number of carbonyl (C=O) groups excluding carboxylic acids is 1. The Morgan fingerprint density at radius 2 is 1.97 bits per heavy atom. The molecule has 3 aromatic rings. The molecule has 0 bridgehead atoms. The predicted molar refractivity (Wildman–Crippen MR) is 133 cm³/mol. The lowest BCUT2D eigenvalue weighted by Crippen LogP contribution is -2.36. The van der Waals surface area contributed by atoms with Gasteiger partial charge in [-0.2, -0.15) is 0 Å². The number of pyridine rings is 1. The Morgan fingerprint density at radius 1 is 1.11 bits per heavy atom. The molecule has 1 amide bonds. The van der Waals surface area contributed by atoms with E-state index in [1.54, 1.807) is 18.5 Å². The van der Waals surface area contributed by atoms with Crippen LogP contribution in [0.2, 0.25) is 0 Å². The number of carbonyl (C=O) groups is 1. The van der Waals surface area contributed by atoms with Gasteiger partial charge in [0.1, 0.15) is 11.6 Å². The van der Waals surface area contributed by atoms with E-state index in [-0.39, 0.29) is 24.2 Å². The molecule has 1 saturated heterocycles. The molecule has 1 fully saturated rings. The number of aromatic nitrogens is 1. The zero-order valence-corrected chi connectivity index (χ0v) is 20.0. The minimum Gasteiger partial charge on any atom is -0.493 e. The summed E-state index contributed by atoms with van der Waals surface area (Å²) in [4.78, 5) is 16.8. The molecule has 0 unspecified atom stereocenters. The maximum absolute atomic E-state index is 14.6. The second-order valence-electron chi connectivity index (χ2n) is 9.11. The summed E-state index contributed by atoms with van der Waals surface area (Å²) in [6.45, 7) is 2.94. The van der Waals surface area contributed by atoms with E-state index in [1.807, 2.05) is 36.4 Å². The van der Waals surface area contributed by atoms with Crippen molar-refractivity contribution in [3.8, 4) is 17.2 Å². The van der Waals surface area contributed by atoms with Gasteiger partial charge in [-0.1, -0.05) is 6.07 Å². The molecule has 0 radical (unpaired) electrons. The fourth-order valence-corrected chi connectivity index (χ4v) is 4.87. The number of amides is 1. The summed E-state index contributed by atoms with van der Waals surface area (Å²) in [5.41, 5.74) is 2.15. The van der Waals surface area contributed by atoms with Gasteiger partial charge < -0.3 is 24.8 Å². The van der Waals surface area contributed by atoms with Crippen molar-refractivity contribution in [2.24, 2.45) is 5.92 Å². The van der Waals surface area contributed by atoms with Gasteiger partial charge in [0.05, 0.1) is 12.2 Å². The third kappa shape index (κ3) is 5.76. The summed E-state index contributed by atoms with van der Waals surface area (Å²) in [6, 6.07) is 14.3. The van der Waals surface area contributed by atoms with Crippen molar-refractivity contribution in [3.05, 3.63) is 83.4 Å². The number of benzene rings is 2. The summed E-state index contributed by atoms with van der Waals surface area (Å²) >= 11 is 0. The molecule has 2 atom stereocenters. The molecule has 0 spiro atoms. The molecular weight excluding hydrogens is 461 g/mol. The van der Waals surface area contributed by atoms with Gasteiger partial charge in [-0.05, 0) is 91.7 Å². The van der Waals surface area contributed by atoms with Crippen molar-refractivity contribution >= 4 is 5.91 Å². The lowest BCUT2D eigenvalue weighted by atomic mass is 9.79. The van der Waals surface area contributed by atoms with Gasteiger partial charge >= 0.3 is 0 Å². The number of fused-ring (bicyclic) bond motifs is 1. The zero-order valence-electron chi connectivity index (χ0n) is 20.0. The lowest BCUT2D eigenvalue weighted by molar-refractivity contribution is 0.0950. The van der Waals surface area contributed by atoms with Crippen LogP contribution in [0.5, 0.6) is 17.2 Å². The highest BCUT2D eigenvalue weighted by Crippen LogP contribution is 2.36. The third-order valence-corrected chi connectivity index (χ3v) is 6.82. The van der Waals surface area contributed by atoms with Crippen molar-refractivity contribution in [1.29, 1.82) is 0 Å². The Kier molecular flexibility index (Phi) is 7.61. The molecule has 2 N–H and O–H groups in total. The van der Waals surface area contributed by atoms with Gasteiger partial charge in [0.2, 0.25) is 6.79 Å². The average Bonchev–Trinajstić information content (AvgIpc) is 3.38. The van der Waals surface area contributed by atoms with Crippen LogP contribution >= 0.6 is 0 Å². The summed E-state index contributed by atoms with van der Waals surface area (Å²) in [5, 5.41) is 6.31. The Bertz CT molecular complexity index is 1190. The molecule has 0 aliphatic carbocycles. The van der Waals surface area contributed by atoms with E-state index >= 15 is 0 Å². The standard InChI is InChI=1S/C28H30FN3O4/c29-25-3-1-20(15-24(25)28(33)32-13-7-19-5-10-30-11-6-19)23-8-12-31-17-21(23)9-14-34-22-2-4-26-27(16-22)36-18-35-26/h1-6,10-11,15-16,21,23,31H,7-9,12-14,17-18H2,(H,32,33)/t21-,23+/m1/s1. The normalized spacial score (nSPS) is 18.6. The third-order valence-electron chi connectivity index (χ3n) is 6.82. The molecule has 5 rings (SSSR count). The zero-order chi connectivity index (χ0) is 24.7. The summed E-state index contributed by atoms with van der Waals surface area (Å²) in [6.07, 6.45) is 5.85. The Balaban J connectivity index is 1.20. The van der Waals surface area contributed by atoms with Crippen LogP contribution < -0.4 is 24.8 Å². The number of halogens is 1. The Morgan fingerprint density at radius 3 is 2.86 bits per heavy atom. The van der Waals surface area contributed by atoms with Crippen LogP contribution in [0.4, 0.5) is 4.39 Å².